The van der Waals surface area contributed by atoms with E-state index in [1.54, 1.807) is 16.0 Å². The third-order valence-electron chi connectivity index (χ3n) is 7.00. The fraction of sp³-hybridized carbons (Fsp3) is 0.792. The van der Waals surface area contributed by atoms with Gasteiger partial charge in [-0.2, -0.15) is 0 Å². The minimum absolute atomic E-state index is 0.162. The van der Waals surface area contributed by atoms with Gasteiger partial charge in [-0.1, -0.05) is 51.0 Å². The van der Waals surface area contributed by atoms with Crippen LogP contribution in [0.2, 0.25) is 0 Å². The molecule has 0 aromatic rings. The molecule has 0 amide bonds. The van der Waals surface area contributed by atoms with Gasteiger partial charge in [0.05, 0.1) is 13.1 Å². The quantitative estimate of drug-likeness (QED) is 0.539. The molecule has 0 spiro atoms. The number of nitrogens with one attached hydrogen (secondary N) is 1. The normalized spacial score (nSPS) is 34.2. The van der Waals surface area contributed by atoms with Gasteiger partial charge in [-0.25, -0.2) is 0 Å². The smallest absolute Gasteiger partial charge is 0.302 e. The van der Waals surface area contributed by atoms with Crippen molar-refractivity contribution in [3.05, 3.63) is 23.3 Å². The molecule has 27 heavy (non-hydrogen) atoms. The van der Waals surface area contributed by atoms with E-state index in [1.165, 1.54) is 32.9 Å². The van der Waals surface area contributed by atoms with Crippen LogP contribution in [0.15, 0.2) is 23.3 Å². The van der Waals surface area contributed by atoms with Gasteiger partial charge in [0.25, 0.3) is 0 Å². The lowest BCUT2D eigenvalue weighted by Gasteiger charge is -2.39. The molecule has 3 heteroatoms. The largest absolute Gasteiger partial charge is 0.460 e. The van der Waals surface area contributed by atoms with Crippen molar-refractivity contribution in [3.63, 3.8) is 0 Å². The lowest BCUT2D eigenvalue weighted by Crippen LogP contribution is -3.14. The first-order chi connectivity index (χ1) is 12.7. The monoisotopic (exact) mass is 376 g/mol. The summed E-state index contributed by atoms with van der Waals surface area (Å²) in [5.41, 5.74) is 3.09. The van der Waals surface area contributed by atoms with Crippen LogP contribution in [0.4, 0.5) is 0 Å². The standard InChI is InChI=1S/C24H41NO2/c1-16-10-18(3)23(19(4)11-16)14-25(8-9-27-22(7)26)15-24-20(5)12-17(2)13-21(24)6/h10,12,18-21,23-24H,8-9,11,13-15H2,1-7H3/p+1/t18-,19+,20-,21+,23-,24-/m0/s1. The highest BCUT2D eigenvalue weighted by Crippen LogP contribution is 2.34. The molecule has 3 nitrogen and oxygen atoms in total. The number of rotatable bonds is 7. The topological polar surface area (TPSA) is 30.7 Å². The molecule has 6 atom stereocenters. The Hall–Kier alpha value is -1.09. The molecule has 0 saturated carbocycles. The summed E-state index contributed by atoms with van der Waals surface area (Å²) in [5, 5.41) is 0. The number of quaternary nitrogens is 1. The molecule has 0 aliphatic heterocycles. The molecule has 2 rings (SSSR count). The molecular weight excluding hydrogens is 334 g/mol. The molecule has 0 fully saturated rings. The predicted molar refractivity (Wildman–Crippen MR) is 113 cm³/mol. The number of carbonyl (C=O) groups is 1. The van der Waals surface area contributed by atoms with Crippen molar-refractivity contribution in [2.75, 3.05) is 26.2 Å². The van der Waals surface area contributed by atoms with E-state index < -0.39 is 0 Å². The van der Waals surface area contributed by atoms with E-state index in [9.17, 15) is 4.79 Å². The van der Waals surface area contributed by atoms with Crippen LogP contribution in [0, 0.1) is 35.5 Å². The first-order valence-corrected chi connectivity index (χ1v) is 11.0. The van der Waals surface area contributed by atoms with Crippen molar-refractivity contribution in [3.8, 4) is 0 Å². The Morgan fingerprint density at radius 1 is 0.963 bits per heavy atom. The van der Waals surface area contributed by atoms with Gasteiger partial charge >= 0.3 is 5.97 Å². The number of hydrogen-bond acceptors (Lipinski definition) is 2. The number of carbonyl (C=O) groups excluding carboxylic acids is 1. The molecule has 0 heterocycles. The summed E-state index contributed by atoms with van der Waals surface area (Å²) in [4.78, 5) is 12.9. The fourth-order valence-corrected chi connectivity index (χ4v) is 5.70. The Morgan fingerprint density at radius 3 is 1.78 bits per heavy atom. The molecule has 0 radical (unpaired) electrons. The van der Waals surface area contributed by atoms with Crippen molar-refractivity contribution in [2.45, 2.75) is 61.3 Å². The molecule has 0 aromatic carbocycles. The number of allylic oxidation sites excluding steroid dienone is 4. The Labute approximate surface area is 167 Å². The molecule has 0 unspecified atom stereocenters. The molecule has 1 N–H and O–H groups in total. The van der Waals surface area contributed by atoms with Crippen molar-refractivity contribution in [1.29, 1.82) is 0 Å². The van der Waals surface area contributed by atoms with Gasteiger partial charge in [0.1, 0.15) is 13.2 Å². The molecule has 2 aliphatic rings. The third kappa shape index (κ3) is 6.48. The molecule has 2 aliphatic carbocycles. The number of esters is 1. The second-order valence-electron chi connectivity index (χ2n) is 9.68. The van der Waals surface area contributed by atoms with Crippen LogP contribution in [-0.2, 0) is 9.53 Å². The molecule has 0 saturated heterocycles. The first kappa shape index (κ1) is 22.2. The van der Waals surface area contributed by atoms with Crippen molar-refractivity contribution in [1.82, 2.24) is 0 Å². The van der Waals surface area contributed by atoms with E-state index in [4.69, 9.17) is 4.74 Å². The zero-order chi connectivity index (χ0) is 20.1. The highest BCUT2D eigenvalue weighted by molar-refractivity contribution is 5.65. The highest BCUT2D eigenvalue weighted by atomic mass is 16.5. The van der Waals surface area contributed by atoms with E-state index >= 15 is 0 Å². The minimum atomic E-state index is -0.162. The summed E-state index contributed by atoms with van der Waals surface area (Å²) in [6.07, 6.45) is 7.41. The molecule has 0 aromatic heterocycles. The van der Waals surface area contributed by atoms with Gasteiger partial charge in [-0.3, -0.25) is 4.79 Å². The summed E-state index contributed by atoms with van der Waals surface area (Å²) < 4.78 is 5.31. The summed E-state index contributed by atoms with van der Waals surface area (Å²) in [7, 11) is 0. The fourth-order valence-electron chi connectivity index (χ4n) is 5.70. The van der Waals surface area contributed by atoms with Crippen molar-refractivity contribution < 1.29 is 14.4 Å². The van der Waals surface area contributed by atoms with Crippen LogP contribution in [0.1, 0.15) is 61.3 Å². The van der Waals surface area contributed by atoms with Gasteiger partial charge in [0, 0.05) is 18.8 Å². The average Bonchev–Trinajstić information content (AvgIpc) is 2.53. The Balaban J connectivity index is 2.07. The molecule has 0 bridgehead atoms. The molecule has 154 valence electrons. The van der Waals surface area contributed by atoms with Gasteiger partial charge in [0.2, 0.25) is 0 Å². The van der Waals surface area contributed by atoms with E-state index in [0.29, 0.717) is 30.3 Å². The Bertz CT molecular complexity index is 525. The summed E-state index contributed by atoms with van der Waals surface area (Å²) >= 11 is 0. The first-order valence-electron chi connectivity index (χ1n) is 11.0. The second kappa shape index (κ2) is 9.91. The summed E-state index contributed by atoms with van der Waals surface area (Å²) in [5.74, 6) is 4.01. The number of hydrogen-bond donors (Lipinski definition) is 1. The lowest BCUT2D eigenvalue weighted by atomic mass is 9.73. The van der Waals surface area contributed by atoms with Crippen LogP contribution in [0.5, 0.6) is 0 Å². The molecular formula is C24H42NO2+. The van der Waals surface area contributed by atoms with E-state index in [2.05, 4.69) is 53.7 Å². The highest BCUT2D eigenvalue weighted by Gasteiger charge is 2.34. The van der Waals surface area contributed by atoms with Crippen LogP contribution in [0.3, 0.4) is 0 Å². The Morgan fingerprint density at radius 2 is 1.41 bits per heavy atom. The predicted octanol–water partition coefficient (Wildman–Crippen LogP) is 3.91. The van der Waals surface area contributed by atoms with Crippen LogP contribution >= 0.6 is 0 Å². The maximum absolute atomic E-state index is 11.2. The van der Waals surface area contributed by atoms with E-state index in [0.717, 1.165) is 18.4 Å². The van der Waals surface area contributed by atoms with Gasteiger partial charge in [-0.05, 0) is 50.4 Å². The van der Waals surface area contributed by atoms with Gasteiger partial charge < -0.3 is 9.64 Å². The van der Waals surface area contributed by atoms with Crippen LogP contribution in [0.25, 0.3) is 0 Å². The van der Waals surface area contributed by atoms with Gasteiger partial charge in [0.15, 0.2) is 0 Å². The zero-order valence-corrected chi connectivity index (χ0v) is 18.7. The van der Waals surface area contributed by atoms with Crippen molar-refractivity contribution in [2.24, 2.45) is 35.5 Å². The lowest BCUT2D eigenvalue weighted by molar-refractivity contribution is -0.908. The second-order valence-corrected chi connectivity index (χ2v) is 9.68. The van der Waals surface area contributed by atoms with E-state index in [-0.39, 0.29) is 5.97 Å². The zero-order valence-electron chi connectivity index (χ0n) is 18.7. The van der Waals surface area contributed by atoms with E-state index in [1.807, 2.05) is 0 Å². The maximum Gasteiger partial charge on any atom is 0.302 e. The van der Waals surface area contributed by atoms with Gasteiger partial charge in [-0.15, -0.1) is 0 Å². The summed E-state index contributed by atoms with van der Waals surface area (Å²) in [6, 6.07) is 0. The number of ether oxygens (including phenoxy) is 1. The van der Waals surface area contributed by atoms with Crippen LogP contribution < -0.4 is 4.90 Å². The maximum atomic E-state index is 11.2. The minimum Gasteiger partial charge on any atom is -0.460 e. The Kier molecular flexibility index (Phi) is 8.15. The average molecular weight is 377 g/mol. The SMILES string of the molecule is CC(=O)OCC[NH+](C[C@@H]1[C@H](C)CC(C)=C[C@@H]1C)C[C@@H]1[C@H](C)CC(C)=C[C@@H]1C. The third-order valence-corrected chi connectivity index (χ3v) is 7.00. The van der Waals surface area contributed by atoms with Crippen LogP contribution in [-0.4, -0.2) is 32.2 Å². The van der Waals surface area contributed by atoms with Crippen molar-refractivity contribution >= 4 is 5.97 Å². The summed E-state index contributed by atoms with van der Waals surface area (Å²) in [6.45, 7) is 19.5.